The first-order valence-corrected chi connectivity index (χ1v) is 7.41. The monoisotopic (exact) mass is 283 g/mol. The number of nitrogens with one attached hydrogen (secondary N) is 1. The number of aromatic nitrogens is 3. The van der Waals surface area contributed by atoms with E-state index in [1.54, 1.807) is 0 Å². The highest BCUT2D eigenvalue weighted by molar-refractivity contribution is 5.87. The summed E-state index contributed by atoms with van der Waals surface area (Å²) in [5.74, 6) is 0. The molecule has 3 nitrogen and oxygen atoms in total. The second kappa shape index (κ2) is 4.28. The Kier molecular flexibility index (Phi) is 2.27. The molecule has 22 heavy (non-hydrogen) atoms. The van der Waals surface area contributed by atoms with Gasteiger partial charge in [0, 0.05) is 0 Å². The zero-order valence-corrected chi connectivity index (χ0v) is 11.9. The SMILES string of the molecule is c1ccc2c(c1)Cc1c(-c3ccc4n[nH]nc4c3)cccc1-2. The van der Waals surface area contributed by atoms with E-state index in [0.29, 0.717) is 0 Å². The van der Waals surface area contributed by atoms with E-state index in [2.05, 4.69) is 70.0 Å². The van der Waals surface area contributed by atoms with Gasteiger partial charge in [0.1, 0.15) is 11.0 Å². The predicted molar refractivity (Wildman–Crippen MR) is 87.6 cm³/mol. The summed E-state index contributed by atoms with van der Waals surface area (Å²) in [6.45, 7) is 0. The minimum absolute atomic E-state index is 0.902. The molecule has 0 radical (unpaired) electrons. The Balaban J connectivity index is 1.74. The first-order chi connectivity index (χ1) is 10.9. The van der Waals surface area contributed by atoms with Crippen LogP contribution in [0.5, 0.6) is 0 Å². The average molecular weight is 283 g/mol. The molecule has 3 heteroatoms. The van der Waals surface area contributed by atoms with Crippen molar-refractivity contribution in [3.05, 3.63) is 71.8 Å². The van der Waals surface area contributed by atoms with Crippen molar-refractivity contribution >= 4 is 11.0 Å². The highest BCUT2D eigenvalue weighted by Crippen LogP contribution is 2.41. The molecule has 4 aromatic rings. The Morgan fingerprint density at radius 3 is 2.55 bits per heavy atom. The molecule has 0 amide bonds. The molecular formula is C19H13N3. The van der Waals surface area contributed by atoms with Gasteiger partial charge in [0.25, 0.3) is 0 Å². The van der Waals surface area contributed by atoms with E-state index in [0.717, 1.165) is 17.5 Å². The highest BCUT2D eigenvalue weighted by atomic mass is 15.3. The molecule has 0 saturated heterocycles. The van der Waals surface area contributed by atoms with Gasteiger partial charge in [0.15, 0.2) is 0 Å². The zero-order chi connectivity index (χ0) is 14.5. The maximum atomic E-state index is 4.20. The summed E-state index contributed by atoms with van der Waals surface area (Å²) < 4.78 is 0. The van der Waals surface area contributed by atoms with Gasteiger partial charge in [0.05, 0.1) is 0 Å². The number of H-pyrrole nitrogens is 1. The molecule has 0 aliphatic heterocycles. The molecule has 1 aliphatic rings. The van der Waals surface area contributed by atoms with Gasteiger partial charge in [-0.05, 0) is 51.9 Å². The van der Waals surface area contributed by atoms with Crippen LogP contribution >= 0.6 is 0 Å². The summed E-state index contributed by atoms with van der Waals surface area (Å²) in [7, 11) is 0. The quantitative estimate of drug-likeness (QED) is 0.501. The number of nitrogens with zero attached hydrogens (tertiary/aromatic N) is 2. The van der Waals surface area contributed by atoms with Crippen molar-refractivity contribution in [2.24, 2.45) is 0 Å². The van der Waals surface area contributed by atoms with Gasteiger partial charge in [-0.2, -0.15) is 15.4 Å². The largest absolute Gasteiger partial charge is 0.197 e. The Hall–Kier alpha value is -2.94. The Bertz CT molecular complexity index is 1010. The molecule has 1 aromatic heterocycles. The molecule has 0 atom stereocenters. The number of hydrogen-bond acceptors (Lipinski definition) is 2. The lowest BCUT2D eigenvalue weighted by atomic mass is 9.95. The molecule has 3 aromatic carbocycles. The third-order valence-corrected chi connectivity index (χ3v) is 4.48. The van der Waals surface area contributed by atoms with Gasteiger partial charge in [-0.3, -0.25) is 0 Å². The van der Waals surface area contributed by atoms with E-state index in [1.165, 1.54) is 33.4 Å². The fraction of sp³-hybridized carbons (Fsp3) is 0.0526. The molecule has 1 heterocycles. The van der Waals surface area contributed by atoms with Crippen molar-refractivity contribution in [1.82, 2.24) is 15.4 Å². The van der Waals surface area contributed by atoms with Crippen LogP contribution in [0.3, 0.4) is 0 Å². The van der Waals surface area contributed by atoms with E-state index in [-0.39, 0.29) is 0 Å². The summed E-state index contributed by atoms with van der Waals surface area (Å²) in [6, 6.07) is 21.5. The third-order valence-electron chi connectivity index (χ3n) is 4.48. The lowest BCUT2D eigenvalue weighted by Gasteiger charge is -2.08. The van der Waals surface area contributed by atoms with Crippen LogP contribution in [-0.4, -0.2) is 15.4 Å². The lowest BCUT2D eigenvalue weighted by Crippen LogP contribution is -1.88. The summed E-state index contributed by atoms with van der Waals surface area (Å²) >= 11 is 0. The Morgan fingerprint density at radius 1 is 0.727 bits per heavy atom. The van der Waals surface area contributed by atoms with Crippen LogP contribution in [0.2, 0.25) is 0 Å². The van der Waals surface area contributed by atoms with Gasteiger partial charge in [0.2, 0.25) is 0 Å². The molecule has 0 saturated carbocycles. The van der Waals surface area contributed by atoms with Crippen LogP contribution in [0.1, 0.15) is 11.1 Å². The lowest BCUT2D eigenvalue weighted by molar-refractivity contribution is 0.959. The van der Waals surface area contributed by atoms with Gasteiger partial charge in [-0.25, -0.2) is 0 Å². The number of benzene rings is 3. The Labute approximate surface area is 127 Å². The third kappa shape index (κ3) is 1.56. The maximum absolute atomic E-state index is 4.20. The zero-order valence-electron chi connectivity index (χ0n) is 11.9. The number of fused-ring (bicyclic) bond motifs is 4. The topological polar surface area (TPSA) is 41.6 Å². The summed E-state index contributed by atoms with van der Waals surface area (Å²) in [5, 5.41) is 11.0. The molecule has 0 spiro atoms. The number of rotatable bonds is 1. The average Bonchev–Trinajstić information content (AvgIpc) is 3.18. The molecule has 0 fully saturated rings. The van der Waals surface area contributed by atoms with E-state index >= 15 is 0 Å². The smallest absolute Gasteiger partial charge is 0.113 e. The van der Waals surface area contributed by atoms with Crippen molar-refractivity contribution in [1.29, 1.82) is 0 Å². The first kappa shape index (κ1) is 11.7. The maximum Gasteiger partial charge on any atom is 0.113 e. The van der Waals surface area contributed by atoms with E-state index < -0.39 is 0 Å². The second-order valence-corrected chi connectivity index (χ2v) is 5.69. The van der Waals surface area contributed by atoms with Crippen molar-refractivity contribution < 1.29 is 0 Å². The van der Waals surface area contributed by atoms with Crippen LogP contribution in [0.4, 0.5) is 0 Å². The van der Waals surface area contributed by atoms with Crippen LogP contribution in [0.25, 0.3) is 33.3 Å². The fourth-order valence-corrected chi connectivity index (χ4v) is 3.44. The number of hydrogen-bond donors (Lipinski definition) is 1. The minimum Gasteiger partial charge on any atom is -0.197 e. The van der Waals surface area contributed by atoms with Crippen molar-refractivity contribution in [2.75, 3.05) is 0 Å². The molecule has 1 N–H and O–H groups in total. The van der Waals surface area contributed by atoms with E-state index in [1.807, 2.05) is 6.07 Å². The van der Waals surface area contributed by atoms with Crippen LogP contribution in [0.15, 0.2) is 60.7 Å². The Morgan fingerprint density at radius 2 is 1.55 bits per heavy atom. The van der Waals surface area contributed by atoms with E-state index in [9.17, 15) is 0 Å². The standard InChI is InChI=1S/C19H13N3/c1-2-5-14-12(4-1)10-17-15(6-3-7-16(14)17)13-8-9-18-19(11-13)21-22-20-18/h1-9,11H,10H2,(H,20,21,22). The van der Waals surface area contributed by atoms with Gasteiger partial charge in [-0.15, -0.1) is 0 Å². The summed E-state index contributed by atoms with van der Waals surface area (Å²) in [4.78, 5) is 0. The first-order valence-electron chi connectivity index (χ1n) is 7.41. The van der Waals surface area contributed by atoms with Crippen molar-refractivity contribution in [3.8, 4) is 22.3 Å². The molecule has 104 valence electrons. The highest BCUT2D eigenvalue weighted by Gasteiger charge is 2.21. The normalized spacial score (nSPS) is 12.4. The van der Waals surface area contributed by atoms with E-state index in [4.69, 9.17) is 0 Å². The van der Waals surface area contributed by atoms with Crippen LogP contribution in [0, 0.1) is 0 Å². The van der Waals surface area contributed by atoms with Gasteiger partial charge in [-0.1, -0.05) is 48.5 Å². The summed E-state index contributed by atoms with van der Waals surface area (Å²) in [5.41, 5.74) is 9.84. The molecule has 1 aliphatic carbocycles. The van der Waals surface area contributed by atoms with Crippen LogP contribution in [-0.2, 0) is 6.42 Å². The molecular weight excluding hydrogens is 270 g/mol. The van der Waals surface area contributed by atoms with Crippen LogP contribution < -0.4 is 0 Å². The minimum atomic E-state index is 0.902. The second-order valence-electron chi connectivity index (χ2n) is 5.69. The summed E-state index contributed by atoms with van der Waals surface area (Å²) in [6.07, 6.45) is 0.999. The fourth-order valence-electron chi connectivity index (χ4n) is 3.44. The van der Waals surface area contributed by atoms with Gasteiger partial charge < -0.3 is 0 Å². The predicted octanol–water partition coefficient (Wildman–Crippen LogP) is 4.20. The molecule has 0 unspecified atom stereocenters. The number of aromatic amines is 1. The van der Waals surface area contributed by atoms with Crippen molar-refractivity contribution in [3.63, 3.8) is 0 Å². The van der Waals surface area contributed by atoms with Gasteiger partial charge >= 0.3 is 0 Å². The van der Waals surface area contributed by atoms with Crippen molar-refractivity contribution in [2.45, 2.75) is 6.42 Å². The molecule has 0 bridgehead atoms. The molecule has 5 rings (SSSR count).